The van der Waals surface area contributed by atoms with E-state index in [4.69, 9.17) is 5.73 Å². The van der Waals surface area contributed by atoms with Crippen molar-refractivity contribution in [2.75, 3.05) is 7.05 Å². The van der Waals surface area contributed by atoms with Crippen LogP contribution in [0.2, 0.25) is 0 Å². The number of aromatic nitrogens is 1. The Bertz CT molecular complexity index is 570. The minimum absolute atomic E-state index is 0.152. The highest BCUT2D eigenvalue weighted by Gasteiger charge is 2.40. The van der Waals surface area contributed by atoms with Gasteiger partial charge < -0.3 is 15.6 Å². The summed E-state index contributed by atoms with van der Waals surface area (Å²) in [6, 6.07) is 12.3. The molecule has 106 valence electrons. The van der Waals surface area contributed by atoms with Crippen molar-refractivity contribution in [2.24, 2.45) is 11.7 Å². The average Bonchev–Trinajstić information content (AvgIpc) is 2.95. The molecule has 0 saturated carbocycles. The summed E-state index contributed by atoms with van der Waals surface area (Å²) >= 11 is 0. The molecular formula is C17H23N3. The van der Waals surface area contributed by atoms with Crippen LogP contribution < -0.4 is 5.73 Å². The molecule has 1 aromatic carbocycles. The van der Waals surface area contributed by atoms with Gasteiger partial charge in [0, 0.05) is 29.3 Å². The molecule has 3 nitrogen and oxygen atoms in total. The number of para-hydroxylation sites is 1. The van der Waals surface area contributed by atoms with Gasteiger partial charge in [-0.25, -0.2) is 0 Å². The summed E-state index contributed by atoms with van der Waals surface area (Å²) in [5.74, 6) is 0.622. The Morgan fingerprint density at radius 3 is 2.60 bits per heavy atom. The largest absolute Gasteiger partial charge is 0.357 e. The van der Waals surface area contributed by atoms with Crippen LogP contribution in [-0.2, 0) is 0 Å². The minimum atomic E-state index is 0.152. The Balaban J connectivity index is 1.59. The summed E-state index contributed by atoms with van der Waals surface area (Å²) in [6.45, 7) is 0. The van der Waals surface area contributed by atoms with Crippen LogP contribution in [-0.4, -0.2) is 29.0 Å². The van der Waals surface area contributed by atoms with Crippen molar-refractivity contribution in [1.82, 2.24) is 9.88 Å². The highest BCUT2D eigenvalue weighted by molar-refractivity contribution is 5.80. The lowest BCUT2D eigenvalue weighted by atomic mass is 9.84. The minimum Gasteiger partial charge on any atom is -0.357 e. The molecule has 0 spiro atoms. The number of aromatic amines is 1. The molecular weight excluding hydrogens is 246 g/mol. The third-order valence-electron chi connectivity index (χ3n) is 5.55. The lowest BCUT2D eigenvalue weighted by Crippen LogP contribution is -2.42. The zero-order valence-electron chi connectivity index (χ0n) is 12.0. The average molecular weight is 269 g/mol. The van der Waals surface area contributed by atoms with Crippen LogP contribution in [0.5, 0.6) is 0 Å². The first kappa shape index (κ1) is 12.4. The lowest BCUT2D eigenvalue weighted by molar-refractivity contribution is 0.120. The molecule has 3 N–H and O–H groups in total. The smallest absolute Gasteiger partial charge is 0.0477 e. The number of nitrogens with two attached hydrogens (primary N) is 1. The molecule has 2 aromatic rings. The van der Waals surface area contributed by atoms with E-state index in [0.717, 1.165) is 12.1 Å². The Hall–Kier alpha value is -1.32. The maximum atomic E-state index is 6.58. The molecule has 0 amide bonds. The van der Waals surface area contributed by atoms with Crippen molar-refractivity contribution < 1.29 is 0 Å². The number of rotatable bonds is 2. The van der Waals surface area contributed by atoms with Crippen LogP contribution in [0.4, 0.5) is 0 Å². The third kappa shape index (κ3) is 1.88. The van der Waals surface area contributed by atoms with E-state index < -0.39 is 0 Å². The molecule has 1 aromatic heterocycles. The van der Waals surface area contributed by atoms with E-state index in [1.54, 1.807) is 0 Å². The molecule has 0 aliphatic carbocycles. The van der Waals surface area contributed by atoms with Gasteiger partial charge in [-0.3, -0.25) is 0 Å². The second-order valence-electron chi connectivity index (χ2n) is 6.62. The van der Waals surface area contributed by atoms with Crippen molar-refractivity contribution in [3.63, 3.8) is 0 Å². The summed E-state index contributed by atoms with van der Waals surface area (Å²) in [6.07, 6.45) is 5.22. The number of nitrogens with zero attached hydrogens (tertiary/aromatic N) is 1. The number of hydrogen-bond donors (Lipinski definition) is 2. The maximum absolute atomic E-state index is 6.58. The number of fused-ring (bicyclic) bond motifs is 3. The van der Waals surface area contributed by atoms with Crippen LogP contribution in [0.25, 0.3) is 10.9 Å². The van der Waals surface area contributed by atoms with Crippen molar-refractivity contribution in [1.29, 1.82) is 0 Å². The number of hydrogen-bond acceptors (Lipinski definition) is 2. The third-order valence-corrected chi connectivity index (χ3v) is 5.55. The molecule has 0 radical (unpaired) electrons. The Kier molecular flexibility index (Phi) is 2.86. The number of benzene rings is 1. The molecule has 2 bridgehead atoms. The van der Waals surface area contributed by atoms with E-state index in [9.17, 15) is 0 Å². The van der Waals surface area contributed by atoms with Gasteiger partial charge in [0.05, 0.1) is 0 Å². The molecule has 1 unspecified atom stereocenters. The molecule has 20 heavy (non-hydrogen) atoms. The molecule has 2 aliphatic heterocycles. The van der Waals surface area contributed by atoms with Gasteiger partial charge in [0.15, 0.2) is 0 Å². The Morgan fingerprint density at radius 2 is 1.90 bits per heavy atom. The van der Waals surface area contributed by atoms with Crippen LogP contribution in [0, 0.1) is 5.92 Å². The first-order chi connectivity index (χ1) is 9.72. The fourth-order valence-corrected chi connectivity index (χ4v) is 4.28. The molecule has 2 saturated heterocycles. The molecule has 4 atom stereocenters. The van der Waals surface area contributed by atoms with E-state index in [1.165, 1.54) is 42.3 Å². The van der Waals surface area contributed by atoms with Gasteiger partial charge in [-0.2, -0.15) is 0 Å². The quantitative estimate of drug-likeness (QED) is 0.880. The molecule has 2 aliphatic rings. The van der Waals surface area contributed by atoms with Crippen LogP contribution >= 0.6 is 0 Å². The zero-order valence-corrected chi connectivity index (χ0v) is 12.0. The van der Waals surface area contributed by atoms with E-state index in [2.05, 4.69) is 47.3 Å². The van der Waals surface area contributed by atoms with Gasteiger partial charge >= 0.3 is 0 Å². The van der Waals surface area contributed by atoms with E-state index in [1.807, 2.05) is 0 Å². The number of nitrogens with one attached hydrogen (secondary N) is 1. The van der Waals surface area contributed by atoms with Crippen molar-refractivity contribution >= 4 is 10.9 Å². The second-order valence-corrected chi connectivity index (χ2v) is 6.62. The summed E-state index contributed by atoms with van der Waals surface area (Å²) in [5.41, 5.74) is 8.99. The molecule has 4 rings (SSSR count). The van der Waals surface area contributed by atoms with E-state index >= 15 is 0 Å². The molecule has 3 heteroatoms. The van der Waals surface area contributed by atoms with Gasteiger partial charge in [-0.1, -0.05) is 18.2 Å². The Morgan fingerprint density at radius 1 is 1.20 bits per heavy atom. The molecule has 2 fully saturated rings. The normalized spacial score (nSPS) is 31.8. The van der Waals surface area contributed by atoms with E-state index in [0.29, 0.717) is 5.92 Å². The van der Waals surface area contributed by atoms with Gasteiger partial charge in [-0.05, 0) is 56.2 Å². The van der Waals surface area contributed by atoms with E-state index in [-0.39, 0.29) is 6.04 Å². The highest BCUT2D eigenvalue weighted by atomic mass is 15.2. The first-order valence-corrected chi connectivity index (χ1v) is 7.77. The van der Waals surface area contributed by atoms with Crippen LogP contribution in [0.3, 0.4) is 0 Å². The van der Waals surface area contributed by atoms with Crippen LogP contribution in [0.15, 0.2) is 30.3 Å². The first-order valence-electron chi connectivity index (χ1n) is 7.77. The van der Waals surface area contributed by atoms with Gasteiger partial charge in [-0.15, -0.1) is 0 Å². The lowest BCUT2D eigenvalue weighted by Gasteiger charge is -2.38. The fourth-order valence-electron chi connectivity index (χ4n) is 4.28. The number of H-pyrrole nitrogens is 1. The predicted octanol–water partition coefficient (Wildman–Crippen LogP) is 3.04. The van der Waals surface area contributed by atoms with Crippen molar-refractivity contribution in [3.8, 4) is 0 Å². The number of piperidine rings is 1. The van der Waals surface area contributed by atoms with Crippen LogP contribution in [0.1, 0.15) is 37.4 Å². The summed E-state index contributed by atoms with van der Waals surface area (Å²) in [4.78, 5) is 6.09. The maximum Gasteiger partial charge on any atom is 0.0477 e. The van der Waals surface area contributed by atoms with Crippen molar-refractivity contribution in [3.05, 3.63) is 36.0 Å². The van der Waals surface area contributed by atoms with Gasteiger partial charge in [0.2, 0.25) is 0 Å². The van der Waals surface area contributed by atoms with Crippen molar-refractivity contribution in [2.45, 2.75) is 43.8 Å². The predicted molar refractivity (Wildman–Crippen MR) is 82.5 cm³/mol. The second kappa shape index (κ2) is 4.61. The monoisotopic (exact) mass is 269 g/mol. The summed E-state index contributed by atoms with van der Waals surface area (Å²) in [5, 5.41) is 1.27. The Labute approximate surface area is 120 Å². The standard InChI is InChI=1S/C17H23N3/c1-20-13-6-7-14(20)9-12(8-13)17(18)16-10-11-4-2-3-5-15(11)19-16/h2-5,10,12-14,17,19H,6-9,18H2,1H3/t12-,13+,14-,17?. The molecule has 3 heterocycles. The SMILES string of the molecule is CN1[C@@H]2CC[C@H]1C[C@@H](C(N)c1cc3ccccc3[nH]1)C2. The topological polar surface area (TPSA) is 45.0 Å². The van der Waals surface area contributed by atoms with Gasteiger partial charge in [0.25, 0.3) is 0 Å². The van der Waals surface area contributed by atoms with Gasteiger partial charge in [0.1, 0.15) is 0 Å². The summed E-state index contributed by atoms with van der Waals surface area (Å²) < 4.78 is 0. The highest BCUT2D eigenvalue weighted by Crippen LogP contribution is 2.41. The summed E-state index contributed by atoms with van der Waals surface area (Å²) in [7, 11) is 2.28. The fraction of sp³-hybridized carbons (Fsp3) is 0.529. The zero-order chi connectivity index (χ0) is 13.7.